The number of aromatic nitrogens is 1. The van der Waals surface area contributed by atoms with Crippen molar-refractivity contribution in [1.29, 1.82) is 0 Å². The summed E-state index contributed by atoms with van der Waals surface area (Å²) in [5.41, 5.74) is 1.18. The van der Waals surface area contributed by atoms with Crippen LogP contribution in [0.5, 0.6) is 0 Å². The summed E-state index contributed by atoms with van der Waals surface area (Å²) in [4.78, 5) is 19.2. The average Bonchev–Trinajstić information content (AvgIpc) is 3.00. The second kappa shape index (κ2) is 5.71. The fourth-order valence-electron chi connectivity index (χ4n) is 3.61. The second-order valence-corrected chi connectivity index (χ2v) is 6.92. The van der Waals surface area contributed by atoms with Crippen LogP contribution in [-0.4, -0.2) is 28.3 Å². The lowest BCUT2D eigenvalue weighted by Gasteiger charge is -2.32. The summed E-state index contributed by atoms with van der Waals surface area (Å²) in [7, 11) is 0. The van der Waals surface area contributed by atoms with Crippen molar-refractivity contribution in [3.8, 4) is 0 Å². The van der Waals surface area contributed by atoms with Crippen molar-refractivity contribution in [2.24, 2.45) is 5.92 Å². The van der Waals surface area contributed by atoms with E-state index >= 15 is 0 Å². The summed E-state index contributed by atoms with van der Waals surface area (Å²) >= 11 is 1.72. The second-order valence-electron chi connectivity index (χ2n) is 5.86. The van der Waals surface area contributed by atoms with Crippen LogP contribution in [0.4, 0.5) is 0 Å². The molecule has 0 N–H and O–H groups in total. The minimum Gasteiger partial charge on any atom is -0.299 e. The SMILES string of the molecule is Cc1nc(CN2CCCC2C2CCCCC2=O)cs1. The van der Waals surface area contributed by atoms with Crippen molar-refractivity contribution in [3.63, 3.8) is 0 Å². The van der Waals surface area contributed by atoms with Crippen LogP contribution in [0.3, 0.4) is 0 Å². The highest BCUT2D eigenvalue weighted by atomic mass is 32.1. The number of Topliss-reactive ketones (excluding diaryl/α,β-unsaturated/α-hetero) is 1. The zero-order valence-electron chi connectivity index (χ0n) is 11.6. The van der Waals surface area contributed by atoms with Crippen LogP contribution in [0.25, 0.3) is 0 Å². The molecule has 3 rings (SSSR count). The van der Waals surface area contributed by atoms with Gasteiger partial charge in [0.25, 0.3) is 0 Å². The van der Waals surface area contributed by atoms with Crippen LogP contribution in [0, 0.1) is 12.8 Å². The van der Waals surface area contributed by atoms with Crippen LogP contribution in [0.2, 0.25) is 0 Å². The molecule has 1 saturated carbocycles. The molecule has 2 aliphatic rings. The van der Waals surface area contributed by atoms with Crippen LogP contribution in [0.1, 0.15) is 49.2 Å². The first-order valence-electron chi connectivity index (χ1n) is 7.42. The molecule has 2 unspecified atom stereocenters. The van der Waals surface area contributed by atoms with Gasteiger partial charge in [0.2, 0.25) is 0 Å². The van der Waals surface area contributed by atoms with Gasteiger partial charge in [0.1, 0.15) is 5.78 Å². The summed E-state index contributed by atoms with van der Waals surface area (Å²) in [5, 5.41) is 3.30. The lowest BCUT2D eigenvalue weighted by molar-refractivity contribution is -0.126. The smallest absolute Gasteiger partial charge is 0.137 e. The number of likely N-dealkylation sites (tertiary alicyclic amines) is 1. The first-order chi connectivity index (χ1) is 9.24. The Hall–Kier alpha value is -0.740. The summed E-state index contributed by atoms with van der Waals surface area (Å²) in [6.45, 7) is 4.12. The Bertz CT molecular complexity index is 457. The Morgan fingerprint density at radius 3 is 3.00 bits per heavy atom. The third kappa shape index (κ3) is 2.90. The van der Waals surface area contributed by atoms with Crippen molar-refractivity contribution in [3.05, 3.63) is 16.1 Å². The number of hydrogen-bond donors (Lipinski definition) is 0. The predicted octanol–water partition coefficient (Wildman–Crippen LogP) is 3.18. The molecule has 4 heteroatoms. The molecule has 1 aromatic rings. The quantitative estimate of drug-likeness (QED) is 0.851. The molecule has 104 valence electrons. The van der Waals surface area contributed by atoms with Crippen LogP contribution < -0.4 is 0 Å². The molecule has 0 spiro atoms. The molecule has 2 heterocycles. The van der Waals surface area contributed by atoms with Gasteiger partial charge in [-0.3, -0.25) is 9.69 Å². The van der Waals surface area contributed by atoms with Crippen LogP contribution >= 0.6 is 11.3 Å². The minimum atomic E-state index is 0.302. The van der Waals surface area contributed by atoms with Gasteiger partial charge >= 0.3 is 0 Å². The molecule has 1 aliphatic heterocycles. The van der Waals surface area contributed by atoms with E-state index in [0.29, 0.717) is 17.7 Å². The molecule has 0 radical (unpaired) electrons. The number of aryl methyl sites for hydroxylation is 1. The van der Waals surface area contributed by atoms with Crippen molar-refractivity contribution < 1.29 is 4.79 Å². The lowest BCUT2D eigenvalue weighted by atomic mass is 9.82. The van der Waals surface area contributed by atoms with E-state index in [1.807, 2.05) is 0 Å². The van der Waals surface area contributed by atoms with E-state index in [9.17, 15) is 4.79 Å². The molecule has 1 aromatic heterocycles. The molecule has 0 aromatic carbocycles. The van der Waals surface area contributed by atoms with E-state index in [0.717, 1.165) is 37.4 Å². The van der Waals surface area contributed by atoms with Crippen molar-refractivity contribution in [1.82, 2.24) is 9.88 Å². The summed E-state index contributed by atoms with van der Waals surface area (Å²) in [6.07, 6.45) is 6.68. The molecule has 0 bridgehead atoms. The van der Waals surface area contributed by atoms with Gasteiger partial charge in [-0.1, -0.05) is 6.42 Å². The van der Waals surface area contributed by atoms with Crippen LogP contribution in [0.15, 0.2) is 5.38 Å². The Labute approximate surface area is 119 Å². The van der Waals surface area contributed by atoms with E-state index in [-0.39, 0.29) is 0 Å². The van der Waals surface area contributed by atoms with Gasteiger partial charge in [-0.05, 0) is 39.2 Å². The minimum absolute atomic E-state index is 0.302. The normalized spacial score (nSPS) is 29.0. The first kappa shape index (κ1) is 13.3. The number of ketones is 1. The van der Waals surface area contributed by atoms with E-state index in [1.165, 1.54) is 25.0 Å². The summed E-state index contributed by atoms with van der Waals surface area (Å²) in [5.74, 6) is 0.814. The van der Waals surface area contributed by atoms with E-state index in [2.05, 4.69) is 22.2 Å². The fourth-order valence-corrected chi connectivity index (χ4v) is 4.21. The number of carbonyl (C=O) groups is 1. The Morgan fingerprint density at radius 2 is 2.26 bits per heavy atom. The number of carbonyl (C=O) groups excluding carboxylic acids is 1. The fraction of sp³-hybridized carbons (Fsp3) is 0.733. The van der Waals surface area contributed by atoms with Crippen molar-refractivity contribution in [2.75, 3.05) is 6.54 Å². The average molecular weight is 278 g/mol. The first-order valence-corrected chi connectivity index (χ1v) is 8.30. The van der Waals surface area contributed by atoms with Gasteiger partial charge in [-0.2, -0.15) is 0 Å². The van der Waals surface area contributed by atoms with Gasteiger partial charge in [-0.25, -0.2) is 4.98 Å². The predicted molar refractivity (Wildman–Crippen MR) is 77.2 cm³/mol. The van der Waals surface area contributed by atoms with Crippen molar-refractivity contribution in [2.45, 2.75) is 58.0 Å². The van der Waals surface area contributed by atoms with E-state index < -0.39 is 0 Å². The van der Waals surface area contributed by atoms with Crippen LogP contribution in [-0.2, 0) is 11.3 Å². The standard InChI is InChI=1S/C15H22N2OS/c1-11-16-12(10-19-11)9-17-8-4-6-14(17)13-5-2-3-7-15(13)18/h10,13-14H,2-9H2,1H3. The molecule has 2 fully saturated rings. The Balaban J connectivity index is 1.68. The molecule has 2 atom stereocenters. The summed E-state index contributed by atoms with van der Waals surface area (Å²) < 4.78 is 0. The van der Waals surface area contributed by atoms with E-state index in [1.54, 1.807) is 11.3 Å². The van der Waals surface area contributed by atoms with Gasteiger partial charge in [0, 0.05) is 30.3 Å². The van der Waals surface area contributed by atoms with E-state index in [4.69, 9.17) is 0 Å². The largest absolute Gasteiger partial charge is 0.299 e. The zero-order valence-corrected chi connectivity index (χ0v) is 12.4. The Morgan fingerprint density at radius 1 is 1.37 bits per heavy atom. The summed E-state index contributed by atoms with van der Waals surface area (Å²) in [6, 6.07) is 0.481. The molecular weight excluding hydrogens is 256 g/mol. The number of hydrogen-bond acceptors (Lipinski definition) is 4. The zero-order chi connectivity index (χ0) is 13.2. The molecule has 0 amide bonds. The maximum Gasteiger partial charge on any atom is 0.137 e. The Kier molecular flexibility index (Phi) is 3.99. The van der Waals surface area contributed by atoms with Gasteiger partial charge in [-0.15, -0.1) is 11.3 Å². The monoisotopic (exact) mass is 278 g/mol. The van der Waals surface area contributed by atoms with Gasteiger partial charge in [0.15, 0.2) is 0 Å². The topological polar surface area (TPSA) is 33.2 Å². The number of nitrogens with zero attached hydrogens (tertiary/aromatic N) is 2. The number of thiazole rings is 1. The highest BCUT2D eigenvalue weighted by Crippen LogP contribution is 2.33. The molecule has 1 saturated heterocycles. The highest BCUT2D eigenvalue weighted by Gasteiger charge is 2.36. The molecule has 1 aliphatic carbocycles. The number of rotatable bonds is 3. The maximum absolute atomic E-state index is 12.1. The highest BCUT2D eigenvalue weighted by molar-refractivity contribution is 7.09. The third-order valence-corrected chi connectivity index (χ3v) is 5.33. The van der Waals surface area contributed by atoms with Crippen molar-refractivity contribution >= 4 is 17.1 Å². The molecule has 3 nitrogen and oxygen atoms in total. The van der Waals surface area contributed by atoms with Gasteiger partial charge < -0.3 is 0 Å². The molecule has 19 heavy (non-hydrogen) atoms. The maximum atomic E-state index is 12.1. The third-order valence-electron chi connectivity index (χ3n) is 4.51. The lowest BCUT2D eigenvalue weighted by Crippen LogP contribution is -2.40. The van der Waals surface area contributed by atoms with Gasteiger partial charge in [0.05, 0.1) is 10.7 Å². The molecular formula is C15H22N2OS.